The van der Waals surface area contributed by atoms with Gasteiger partial charge in [0, 0.05) is 27.9 Å². The van der Waals surface area contributed by atoms with Crippen LogP contribution in [0.25, 0.3) is 0 Å². The smallest absolute Gasteiger partial charge is 0.227 e. The molecule has 4 heteroatoms. The highest BCUT2D eigenvalue weighted by atomic mass is 79.9. The lowest BCUT2D eigenvalue weighted by Gasteiger charge is -2.36. The summed E-state index contributed by atoms with van der Waals surface area (Å²) in [5.74, 6) is 0.707. The largest absolute Gasteiger partial charge is 0.326 e. The summed E-state index contributed by atoms with van der Waals surface area (Å²) in [6.45, 7) is 0. The maximum absolute atomic E-state index is 12.4. The fraction of sp³-hybridized carbons (Fsp3) is 0.500. The second kappa shape index (κ2) is 5.68. The van der Waals surface area contributed by atoms with Crippen molar-refractivity contribution in [2.24, 2.45) is 17.8 Å². The lowest BCUT2D eigenvalue weighted by atomic mass is 9.67. The minimum Gasteiger partial charge on any atom is -0.326 e. The summed E-state index contributed by atoms with van der Waals surface area (Å²) in [6.07, 6.45) is 4.54. The van der Waals surface area contributed by atoms with Gasteiger partial charge in [-0.2, -0.15) is 0 Å². The van der Waals surface area contributed by atoms with E-state index in [1.807, 2.05) is 24.3 Å². The number of carbonyl (C=O) groups excluding carboxylic acids is 2. The Morgan fingerprint density at radius 3 is 2.55 bits per heavy atom. The molecule has 0 aliphatic heterocycles. The van der Waals surface area contributed by atoms with Gasteiger partial charge in [-0.25, -0.2) is 0 Å². The van der Waals surface area contributed by atoms with Gasteiger partial charge in [0.2, 0.25) is 5.91 Å². The third-order valence-corrected chi connectivity index (χ3v) is 5.00. The molecule has 0 spiro atoms. The number of amides is 1. The Hall–Kier alpha value is -1.16. The first kappa shape index (κ1) is 13.8. The molecule has 1 N–H and O–H groups in total. The van der Waals surface area contributed by atoms with E-state index in [1.54, 1.807) is 0 Å². The molecule has 20 heavy (non-hydrogen) atoms. The summed E-state index contributed by atoms with van der Waals surface area (Å²) < 4.78 is 0.950. The van der Waals surface area contributed by atoms with Gasteiger partial charge in [-0.3, -0.25) is 9.59 Å². The van der Waals surface area contributed by atoms with Crippen molar-refractivity contribution in [2.75, 3.05) is 5.32 Å². The number of nitrogens with one attached hydrogen (secondary N) is 1. The Balaban J connectivity index is 1.67. The molecule has 0 saturated heterocycles. The Labute approximate surface area is 127 Å². The first-order chi connectivity index (χ1) is 9.63. The van der Waals surface area contributed by atoms with Crippen molar-refractivity contribution < 1.29 is 9.59 Å². The molecule has 2 aliphatic carbocycles. The Morgan fingerprint density at radius 1 is 1.20 bits per heavy atom. The van der Waals surface area contributed by atoms with Crippen LogP contribution in [0.5, 0.6) is 0 Å². The van der Waals surface area contributed by atoms with Gasteiger partial charge in [0.05, 0.1) is 0 Å². The van der Waals surface area contributed by atoms with E-state index in [-0.39, 0.29) is 23.7 Å². The van der Waals surface area contributed by atoms with Crippen molar-refractivity contribution in [1.82, 2.24) is 0 Å². The number of Topliss-reactive ketones (excluding diaryl/α,β-unsaturated/α-hetero) is 1. The van der Waals surface area contributed by atoms with Gasteiger partial charge >= 0.3 is 0 Å². The number of hydrogen-bond donors (Lipinski definition) is 1. The number of anilines is 1. The van der Waals surface area contributed by atoms with Crippen molar-refractivity contribution in [3.05, 3.63) is 28.7 Å². The summed E-state index contributed by atoms with van der Waals surface area (Å²) in [6, 6.07) is 7.61. The molecule has 2 saturated carbocycles. The predicted octanol–water partition coefficient (Wildman–Crippen LogP) is 3.78. The lowest BCUT2D eigenvalue weighted by Crippen LogP contribution is -2.40. The second-order valence-corrected chi connectivity index (χ2v) is 6.81. The fourth-order valence-corrected chi connectivity index (χ4v) is 3.90. The molecule has 2 fully saturated rings. The minimum atomic E-state index is -0.0121. The Bertz CT molecular complexity index is 527. The third kappa shape index (κ3) is 2.80. The van der Waals surface area contributed by atoms with Crippen LogP contribution >= 0.6 is 15.9 Å². The first-order valence-electron chi connectivity index (χ1n) is 7.23. The van der Waals surface area contributed by atoms with E-state index in [1.165, 1.54) is 0 Å². The third-order valence-electron chi connectivity index (χ3n) is 4.51. The van der Waals surface area contributed by atoms with Crippen molar-refractivity contribution in [3.8, 4) is 0 Å². The van der Waals surface area contributed by atoms with Gasteiger partial charge in [-0.1, -0.05) is 28.4 Å². The van der Waals surface area contributed by atoms with Crippen LogP contribution in [-0.2, 0) is 9.59 Å². The van der Waals surface area contributed by atoms with Gasteiger partial charge in [0.15, 0.2) is 0 Å². The van der Waals surface area contributed by atoms with E-state index < -0.39 is 0 Å². The SMILES string of the molecule is O=C(Nc1cccc(Br)c1)C1CC2CCCC(C1)C2=O. The number of carbonyl (C=O) groups is 2. The summed E-state index contributed by atoms with van der Waals surface area (Å²) >= 11 is 3.40. The van der Waals surface area contributed by atoms with Crippen LogP contribution in [0, 0.1) is 17.8 Å². The molecule has 2 atom stereocenters. The number of benzene rings is 1. The van der Waals surface area contributed by atoms with Gasteiger partial charge in [-0.15, -0.1) is 0 Å². The quantitative estimate of drug-likeness (QED) is 0.893. The molecule has 1 aromatic rings. The molecular weight excluding hydrogens is 318 g/mol. The summed E-state index contributed by atoms with van der Waals surface area (Å²) in [7, 11) is 0. The Morgan fingerprint density at radius 2 is 1.90 bits per heavy atom. The van der Waals surface area contributed by atoms with Crippen molar-refractivity contribution in [1.29, 1.82) is 0 Å². The number of rotatable bonds is 2. The van der Waals surface area contributed by atoms with Gasteiger partial charge in [0.1, 0.15) is 5.78 Å². The van der Waals surface area contributed by atoms with Gasteiger partial charge in [0.25, 0.3) is 0 Å². The average Bonchev–Trinajstić information content (AvgIpc) is 2.38. The molecule has 1 amide bonds. The van der Waals surface area contributed by atoms with Crippen molar-refractivity contribution in [3.63, 3.8) is 0 Å². The summed E-state index contributed by atoms with van der Waals surface area (Å²) in [5, 5.41) is 2.98. The topological polar surface area (TPSA) is 46.2 Å². The Kier molecular flexibility index (Phi) is 3.92. The zero-order chi connectivity index (χ0) is 14.1. The van der Waals surface area contributed by atoms with E-state index in [9.17, 15) is 9.59 Å². The molecule has 0 heterocycles. The van der Waals surface area contributed by atoms with Crippen LogP contribution in [0.4, 0.5) is 5.69 Å². The highest BCUT2D eigenvalue weighted by Gasteiger charge is 2.41. The van der Waals surface area contributed by atoms with E-state index in [0.717, 1.165) is 42.3 Å². The second-order valence-electron chi connectivity index (χ2n) is 5.90. The van der Waals surface area contributed by atoms with E-state index in [4.69, 9.17) is 0 Å². The van der Waals surface area contributed by atoms with Gasteiger partial charge in [-0.05, 0) is 43.9 Å². The zero-order valence-electron chi connectivity index (χ0n) is 11.3. The summed E-state index contributed by atoms with van der Waals surface area (Å²) in [5.41, 5.74) is 0.812. The molecule has 0 aromatic heterocycles. The number of fused-ring (bicyclic) bond motifs is 2. The molecule has 2 aliphatic rings. The van der Waals surface area contributed by atoms with Crippen LogP contribution in [0.3, 0.4) is 0 Å². The maximum Gasteiger partial charge on any atom is 0.227 e. The fourth-order valence-electron chi connectivity index (χ4n) is 3.50. The van der Waals surface area contributed by atoms with Crippen LogP contribution in [0.2, 0.25) is 0 Å². The van der Waals surface area contributed by atoms with E-state index in [0.29, 0.717) is 5.78 Å². The highest BCUT2D eigenvalue weighted by Crippen LogP contribution is 2.40. The standard InChI is InChI=1S/C16H18BrNO2/c17-13-5-2-6-14(9-13)18-16(20)12-7-10-3-1-4-11(8-12)15(10)19/h2,5-6,9-12H,1,3-4,7-8H2,(H,18,20). The molecule has 2 unspecified atom stereocenters. The van der Waals surface area contributed by atoms with Crippen LogP contribution in [0.1, 0.15) is 32.1 Å². The van der Waals surface area contributed by atoms with Crippen LogP contribution in [0.15, 0.2) is 28.7 Å². The number of ketones is 1. The van der Waals surface area contributed by atoms with Gasteiger partial charge < -0.3 is 5.32 Å². The molecule has 2 bridgehead atoms. The summed E-state index contributed by atoms with van der Waals surface area (Å²) in [4.78, 5) is 24.4. The highest BCUT2D eigenvalue weighted by molar-refractivity contribution is 9.10. The molecule has 3 nitrogen and oxygen atoms in total. The lowest BCUT2D eigenvalue weighted by molar-refractivity contribution is -0.136. The average molecular weight is 336 g/mol. The zero-order valence-corrected chi connectivity index (χ0v) is 12.9. The van der Waals surface area contributed by atoms with Crippen molar-refractivity contribution >= 4 is 33.3 Å². The number of hydrogen-bond acceptors (Lipinski definition) is 2. The molecule has 0 radical (unpaired) electrons. The maximum atomic E-state index is 12.4. The van der Waals surface area contributed by atoms with Crippen LogP contribution < -0.4 is 5.32 Å². The minimum absolute atomic E-state index is 0.0121. The van der Waals surface area contributed by atoms with Crippen molar-refractivity contribution in [2.45, 2.75) is 32.1 Å². The first-order valence-corrected chi connectivity index (χ1v) is 8.03. The molecule has 1 aromatic carbocycles. The molecule has 106 valence electrons. The molecular formula is C16H18BrNO2. The predicted molar refractivity (Wildman–Crippen MR) is 81.3 cm³/mol. The van der Waals surface area contributed by atoms with E-state index >= 15 is 0 Å². The monoisotopic (exact) mass is 335 g/mol. The van der Waals surface area contributed by atoms with Crippen LogP contribution in [-0.4, -0.2) is 11.7 Å². The normalized spacial score (nSPS) is 29.1. The molecule has 3 rings (SSSR count). The number of halogens is 1. The van der Waals surface area contributed by atoms with E-state index in [2.05, 4.69) is 21.2 Å².